The average Bonchev–Trinajstić information content (AvgIpc) is 2.42. The van der Waals surface area contributed by atoms with Gasteiger partial charge in [0, 0.05) is 13.1 Å². The van der Waals surface area contributed by atoms with Crippen LogP contribution in [0.5, 0.6) is 11.5 Å². The Bertz CT molecular complexity index is 512. The highest BCUT2D eigenvalue weighted by Gasteiger charge is 1.98. The molecule has 0 saturated heterocycles. The Morgan fingerprint density at radius 3 is 2.84 bits per heavy atom. The molecular formula is C15H18N2O2. The van der Waals surface area contributed by atoms with Crippen molar-refractivity contribution in [3.8, 4) is 11.5 Å². The molecule has 0 amide bonds. The molecule has 1 aromatic heterocycles. The van der Waals surface area contributed by atoms with Crippen molar-refractivity contribution in [3.05, 3.63) is 53.9 Å². The normalized spacial score (nSPS) is 10.4. The number of benzene rings is 1. The summed E-state index contributed by atoms with van der Waals surface area (Å²) in [6, 6.07) is 11.5. The molecule has 4 nitrogen and oxygen atoms in total. The third-order valence-corrected chi connectivity index (χ3v) is 2.65. The van der Waals surface area contributed by atoms with Gasteiger partial charge in [0.25, 0.3) is 0 Å². The lowest BCUT2D eigenvalue weighted by molar-refractivity contribution is 0.340. The van der Waals surface area contributed by atoms with Gasteiger partial charge in [0.1, 0.15) is 11.5 Å². The number of nitrogens with zero attached hydrogens (tertiary/aromatic N) is 1. The van der Waals surface area contributed by atoms with Crippen LogP contribution in [0.3, 0.4) is 0 Å². The fourth-order valence-corrected chi connectivity index (χ4v) is 1.77. The Kier molecular flexibility index (Phi) is 4.75. The molecule has 0 fully saturated rings. The van der Waals surface area contributed by atoms with Crippen molar-refractivity contribution in [1.82, 2.24) is 10.3 Å². The highest BCUT2D eigenvalue weighted by atomic mass is 16.5. The first kappa shape index (κ1) is 13.4. The molecule has 0 aliphatic rings. The molecule has 2 aromatic rings. The van der Waals surface area contributed by atoms with Crippen molar-refractivity contribution in [2.45, 2.75) is 20.0 Å². The number of pyridine rings is 1. The van der Waals surface area contributed by atoms with E-state index in [2.05, 4.69) is 16.4 Å². The molecule has 4 heteroatoms. The Morgan fingerprint density at radius 1 is 1.21 bits per heavy atom. The number of aromatic nitrogens is 1. The van der Waals surface area contributed by atoms with Gasteiger partial charge in [-0.1, -0.05) is 12.1 Å². The summed E-state index contributed by atoms with van der Waals surface area (Å²) in [7, 11) is 0. The molecule has 0 bridgehead atoms. The van der Waals surface area contributed by atoms with E-state index in [1.165, 1.54) is 11.8 Å². The van der Waals surface area contributed by atoms with E-state index >= 15 is 0 Å². The Balaban J connectivity index is 1.85. The summed E-state index contributed by atoms with van der Waals surface area (Å²) in [5.74, 6) is 1.08. The zero-order valence-electron chi connectivity index (χ0n) is 11.0. The summed E-state index contributed by atoms with van der Waals surface area (Å²) in [5, 5.41) is 12.5. The Labute approximate surface area is 113 Å². The molecule has 2 N–H and O–H groups in total. The standard InChI is InChI=1S/C15H18N2O2/c1-2-19-15-5-3-4-12(8-15)9-16-10-13-6-7-14(18)11-17-13/h3-8,11,16,18H,2,9-10H2,1H3. The lowest BCUT2D eigenvalue weighted by Crippen LogP contribution is -2.13. The summed E-state index contributed by atoms with van der Waals surface area (Å²) in [4.78, 5) is 4.12. The van der Waals surface area contributed by atoms with Gasteiger partial charge in [0.15, 0.2) is 0 Å². The average molecular weight is 258 g/mol. The number of rotatable bonds is 6. The van der Waals surface area contributed by atoms with Gasteiger partial charge in [0.2, 0.25) is 0 Å². The predicted octanol–water partition coefficient (Wildman–Crippen LogP) is 2.48. The first-order valence-electron chi connectivity index (χ1n) is 6.34. The first-order chi connectivity index (χ1) is 9.28. The summed E-state index contributed by atoms with van der Waals surface area (Å²) in [5.41, 5.74) is 2.07. The highest BCUT2D eigenvalue weighted by molar-refractivity contribution is 5.28. The van der Waals surface area contributed by atoms with E-state index in [0.717, 1.165) is 18.0 Å². The van der Waals surface area contributed by atoms with Gasteiger partial charge in [-0.15, -0.1) is 0 Å². The molecule has 0 aliphatic carbocycles. The number of hydrogen-bond acceptors (Lipinski definition) is 4. The van der Waals surface area contributed by atoms with Gasteiger partial charge in [0.05, 0.1) is 18.5 Å². The summed E-state index contributed by atoms with van der Waals surface area (Å²) in [6.07, 6.45) is 1.45. The fraction of sp³-hybridized carbons (Fsp3) is 0.267. The number of ether oxygens (including phenoxy) is 1. The molecule has 0 unspecified atom stereocenters. The second-order valence-corrected chi connectivity index (χ2v) is 4.19. The van der Waals surface area contributed by atoms with Crippen molar-refractivity contribution in [3.63, 3.8) is 0 Å². The molecular weight excluding hydrogens is 240 g/mol. The van der Waals surface area contributed by atoms with Crippen LogP contribution in [0.1, 0.15) is 18.2 Å². The molecule has 1 heterocycles. The molecule has 100 valence electrons. The van der Waals surface area contributed by atoms with Crippen molar-refractivity contribution in [2.24, 2.45) is 0 Å². The fourth-order valence-electron chi connectivity index (χ4n) is 1.77. The second kappa shape index (κ2) is 6.75. The van der Waals surface area contributed by atoms with Gasteiger partial charge >= 0.3 is 0 Å². The first-order valence-corrected chi connectivity index (χ1v) is 6.34. The minimum Gasteiger partial charge on any atom is -0.506 e. The lowest BCUT2D eigenvalue weighted by atomic mass is 10.2. The molecule has 0 radical (unpaired) electrons. The van der Waals surface area contributed by atoms with E-state index in [1.54, 1.807) is 12.1 Å². The third kappa shape index (κ3) is 4.26. The van der Waals surface area contributed by atoms with E-state index in [0.29, 0.717) is 13.2 Å². The second-order valence-electron chi connectivity index (χ2n) is 4.19. The largest absolute Gasteiger partial charge is 0.506 e. The van der Waals surface area contributed by atoms with Crippen molar-refractivity contribution >= 4 is 0 Å². The maximum Gasteiger partial charge on any atom is 0.133 e. The molecule has 2 rings (SSSR count). The van der Waals surface area contributed by atoms with Crippen LogP contribution in [0.4, 0.5) is 0 Å². The van der Waals surface area contributed by atoms with Crippen LogP contribution in [0.25, 0.3) is 0 Å². The predicted molar refractivity (Wildman–Crippen MR) is 74.1 cm³/mol. The van der Waals surface area contributed by atoms with E-state index < -0.39 is 0 Å². The molecule has 0 spiro atoms. The van der Waals surface area contributed by atoms with Gasteiger partial charge < -0.3 is 15.2 Å². The van der Waals surface area contributed by atoms with Crippen LogP contribution in [0.2, 0.25) is 0 Å². The summed E-state index contributed by atoms with van der Waals surface area (Å²) < 4.78 is 5.46. The quantitative estimate of drug-likeness (QED) is 0.835. The van der Waals surface area contributed by atoms with E-state index in [9.17, 15) is 0 Å². The van der Waals surface area contributed by atoms with Crippen molar-refractivity contribution in [2.75, 3.05) is 6.61 Å². The summed E-state index contributed by atoms with van der Waals surface area (Å²) >= 11 is 0. The van der Waals surface area contributed by atoms with Crippen LogP contribution in [0, 0.1) is 0 Å². The van der Waals surface area contributed by atoms with Crippen molar-refractivity contribution < 1.29 is 9.84 Å². The minimum absolute atomic E-state index is 0.188. The smallest absolute Gasteiger partial charge is 0.133 e. The van der Waals surface area contributed by atoms with Gasteiger partial charge in [-0.05, 0) is 36.8 Å². The molecule has 0 saturated carbocycles. The maximum absolute atomic E-state index is 9.14. The lowest BCUT2D eigenvalue weighted by Gasteiger charge is -2.07. The SMILES string of the molecule is CCOc1cccc(CNCc2ccc(O)cn2)c1. The minimum atomic E-state index is 0.188. The number of nitrogens with one attached hydrogen (secondary N) is 1. The van der Waals surface area contributed by atoms with E-state index in [-0.39, 0.29) is 5.75 Å². The van der Waals surface area contributed by atoms with Crippen LogP contribution >= 0.6 is 0 Å². The summed E-state index contributed by atoms with van der Waals surface area (Å²) in [6.45, 7) is 4.07. The highest BCUT2D eigenvalue weighted by Crippen LogP contribution is 2.13. The number of aromatic hydroxyl groups is 1. The molecule has 19 heavy (non-hydrogen) atoms. The zero-order valence-corrected chi connectivity index (χ0v) is 11.0. The third-order valence-electron chi connectivity index (χ3n) is 2.65. The van der Waals surface area contributed by atoms with Crippen LogP contribution in [0.15, 0.2) is 42.6 Å². The van der Waals surface area contributed by atoms with Gasteiger partial charge in [-0.25, -0.2) is 0 Å². The molecule has 0 aliphatic heterocycles. The zero-order chi connectivity index (χ0) is 13.5. The van der Waals surface area contributed by atoms with E-state index in [4.69, 9.17) is 9.84 Å². The topological polar surface area (TPSA) is 54.4 Å². The molecule has 1 aromatic carbocycles. The van der Waals surface area contributed by atoms with Crippen LogP contribution in [-0.4, -0.2) is 16.7 Å². The Morgan fingerprint density at radius 2 is 2.11 bits per heavy atom. The Hall–Kier alpha value is -2.07. The molecule has 0 atom stereocenters. The monoisotopic (exact) mass is 258 g/mol. The van der Waals surface area contributed by atoms with Gasteiger partial charge in [-0.3, -0.25) is 4.98 Å². The van der Waals surface area contributed by atoms with Gasteiger partial charge in [-0.2, -0.15) is 0 Å². The van der Waals surface area contributed by atoms with Crippen LogP contribution in [-0.2, 0) is 13.1 Å². The number of hydrogen-bond donors (Lipinski definition) is 2. The maximum atomic E-state index is 9.14. The van der Waals surface area contributed by atoms with Crippen molar-refractivity contribution in [1.29, 1.82) is 0 Å². The van der Waals surface area contributed by atoms with E-state index in [1.807, 2.05) is 25.1 Å². The van der Waals surface area contributed by atoms with Crippen LogP contribution < -0.4 is 10.1 Å².